The van der Waals surface area contributed by atoms with Crippen molar-refractivity contribution in [3.8, 4) is 0 Å². The number of aliphatic hydroxyl groups excluding tert-OH is 1. The van der Waals surface area contributed by atoms with Crippen molar-refractivity contribution in [3.63, 3.8) is 0 Å². The number of carbonyl (C=O) groups is 2. The Labute approximate surface area is 88.0 Å². The average molecular weight is 214 g/mol. The third-order valence-corrected chi connectivity index (χ3v) is 1.32. The summed E-state index contributed by atoms with van der Waals surface area (Å²) in [6.45, 7) is 5.06. The molecule has 5 nitrogen and oxygen atoms in total. The summed E-state index contributed by atoms with van der Waals surface area (Å²) in [6, 6.07) is 0. The molecule has 0 aromatic heterocycles. The largest absolute Gasteiger partial charge is 0.502 e. The van der Waals surface area contributed by atoms with Crippen LogP contribution in [0.1, 0.15) is 13.3 Å². The van der Waals surface area contributed by atoms with E-state index in [2.05, 4.69) is 16.1 Å². The van der Waals surface area contributed by atoms with Crippen LogP contribution in [0.3, 0.4) is 0 Å². The monoisotopic (exact) mass is 214 g/mol. The van der Waals surface area contributed by atoms with Crippen molar-refractivity contribution < 1.29 is 24.2 Å². The fourth-order valence-corrected chi connectivity index (χ4v) is 0.614. The summed E-state index contributed by atoms with van der Waals surface area (Å²) in [4.78, 5) is 21.5. The lowest BCUT2D eigenvalue weighted by molar-refractivity contribution is -0.142. The van der Waals surface area contributed by atoms with Gasteiger partial charge in [0.05, 0.1) is 6.61 Å². The number of esters is 2. The first kappa shape index (κ1) is 13.2. The Hall–Kier alpha value is -1.78. The summed E-state index contributed by atoms with van der Waals surface area (Å²) in [5.41, 5.74) is 0. The van der Waals surface area contributed by atoms with Crippen LogP contribution in [-0.4, -0.2) is 30.3 Å². The average Bonchev–Trinajstić information content (AvgIpc) is 2.25. The van der Waals surface area contributed by atoms with Gasteiger partial charge in [-0.25, -0.2) is 9.59 Å². The van der Waals surface area contributed by atoms with Crippen molar-refractivity contribution >= 4 is 11.9 Å². The van der Waals surface area contributed by atoms with Crippen LogP contribution >= 0.6 is 0 Å². The van der Waals surface area contributed by atoms with Gasteiger partial charge in [0.1, 0.15) is 6.61 Å². The van der Waals surface area contributed by atoms with Gasteiger partial charge in [0, 0.05) is 12.2 Å². The number of carbonyl (C=O) groups excluding carboxylic acids is 2. The highest BCUT2D eigenvalue weighted by Gasteiger charge is 2.07. The maximum Gasteiger partial charge on any atom is 0.373 e. The highest BCUT2D eigenvalue weighted by atomic mass is 16.5. The maximum atomic E-state index is 10.9. The number of hydrogen-bond donors (Lipinski definition) is 1. The molecule has 0 bridgehead atoms. The smallest absolute Gasteiger partial charge is 0.373 e. The van der Waals surface area contributed by atoms with E-state index in [1.54, 1.807) is 0 Å². The molecule has 0 saturated carbocycles. The van der Waals surface area contributed by atoms with E-state index < -0.39 is 17.7 Å². The molecule has 0 unspecified atom stereocenters. The summed E-state index contributed by atoms with van der Waals surface area (Å²) in [5.74, 6) is -2.02. The summed E-state index contributed by atoms with van der Waals surface area (Å²) in [7, 11) is 0. The van der Waals surface area contributed by atoms with Gasteiger partial charge in [-0.3, -0.25) is 0 Å². The van der Waals surface area contributed by atoms with Crippen LogP contribution in [-0.2, 0) is 19.1 Å². The zero-order valence-corrected chi connectivity index (χ0v) is 8.56. The van der Waals surface area contributed by atoms with E-state index in [1.165, 1.54) is 0 Å². The van der Waals surface area contributed by atoms with Crippen molar-refractivity contribution in [2.45, 2.75) is 13.3 Å². The van der Waals surface area contributed by atoms with E-state index >= 15 is 0 Å². The van der Waals surface area contributed by atoms with Gasteiger partial charge in [0.25, 0.3) is 0 Å². The molecule has 0 aromatic carbocycles. The lowest BCUT2D eigenvalue weighted by atomic mass is 10.4. The first-order valence-electron chi connectivity index (χ1n) is 4.47. The predicted molar refractivity (Wildman–Crippen MR) is 53.1 cm³/mol. The Balaban J connectivity index is 3.91. The number of hydrogen-bond acceptors (Lipinski definition) is 5. The summed E-state index contributed by atoms with van der Waals surface area (Å²) in [5, 5.41) is 9.10. The fraction of sp³-hybridized carbons (Fsp3) is 0.400. The van der Waals surface area contributed by atoms with E-state index in [4.69, 9.17) is 5.11 Å². The second-order valence-electron chi connectivity index (χ2n) is 2.56. The molecule has 0 spiro atoms. The summed E-state index contributed by atoms with van der Waals surface area (Å²) < 4.78 is 9.13. The first-order chi connectivity index (χ1) is 7.11. The van der Waals surface area contributed by atoms with Gasteiger partial charge < -0.3 is 14.6 Å². The Kier molecular flexibility index (Phi) is 6.70. The standard InChI is InChI=1S/C10H14O5/c1-3-6-15-10(13)8(11)5-7-14-9(12)4-2/h4-5,11H,2-3,6-7H2,1H3. The number of rotatable bonds is 6. The molecule has 0 fully saturated rings. The van der Waals surface area contributed by atoms with Crippen molar-refractivity contribution in [2.75, 3.05) is 13.2 Å². The van der Waals surface area contributed by atoms with Crippen molar-refractivity contribution in [3.05, 3.63) is 24.5 Å². The molecule has 5 heteroatoms. The third kappa shape index (κ3) is 6.31. The van der Waals surface area contributed by atoms with E-state index in [-0.39, 0.29) is 13.2 Å². The summed E-state index contributed by atoms with van der Waals surface area (Å²) >= 11 is 0. The molecule has 0 aromatic rings. The van der Waals surface area contributed by atoms with Crippen LogP contribution in [0.25, 0.3) is 0 Å². The third-order valence-electron chi connectivity index (χ3n) is 1.32. The lowest BCUT2D eigenvalue weighted by Gasteiger charge is -2.01. The molecule has 0 rings (SSSR count). The molecule has 0 radical (unpaired) electrons. The normalized spacial score (nSPS) is 10.6. The van der Waals surface area contributed by atoms with E-state index in [0.717, 1.165) is 12.2 Å². The summed E-state index contributed by atoms with van der Waals surface area (Å²) in [6.07, 6.45) is 2.71. The van der Waals surface area contributed by atoms with Gasteiger partial charge in [-0.1, -0.05) is 13.5 Å². The van der Waals surface area contributed by atoms with Gasteiger partial charge in [-0.2, -0.15) is 0 Å². The van der Waals surface area contributed by atoms with Crippen LogP contribution in [0, 0.1) is 0 Å². The quantitative estimate of drug-likeness (QED) is 0.407. The first-order valence-corrected chi connectivity index (χ1v) is 4.47. The number of ether oxygens (including phenoxy) is 2. The molecule has 0 aliphatic carbocycles. The van der Waals surface area contributed by atoms with E-state index in [9.17, 15) is 9.59 Å². The van der Waals surface area contributed by atoms with Crippen LogP contribution in [0.4, 0.5) is 0 Å². The Morgan fingerprint density at radius 2 is 2.07 bits per heavy atom. The molecule has 84 valence electrons. The molecule has 0 aliphatic heterocycles. The molecule has 0 aliphatic rings. The van der Waals surface area contributed by atoms with Crippen molar-refractivity contribution in [2.24, 2.45) is 0 Å². The van der Waals surface area contributed by atoms with Crippen LogP contribution in [0.5, 0.6) is 0 Å². The highest BCUT2D eigenvalue weighted by molar-refractivity contribution is 5.85. The Morgan fingerprint density at radius 1 is 1.40 bits per heavy atom. The molecule has 0 amide bonds. The van der Waals surface area contributed by atoms with Gasteiger partial charge in [-0.05, 0) is 6.42 Å². The van der Waals surface area contributed by atoms with E-state index in [1.807, 2.05) is 6.92 Å². The van der Waals surface area contributed by atoms with Gasteiger partial charge in [0.15, 0.2) is 0 Å². The zero-order valence-electron chi connectivity index (χ0n) is 8.56. The molecule has 1 N–H and O–H groups in total. The highest BCUT2D eigenvalue weighted by Crippen LogP contribution is 1.95. The van der Waals surface area contributed by atoms with Crippen LogP contribution < -0.4 is 0 Å². The molecule has 15 heavy (non-hydrogen) atoms. The minimum absolute atomic E-state index is 0.197. The minimum Gasteiger partial charge on any atom is -0.502 e. The molecule has 0 heterocycles. The molecular formula is C10H14O5. The second-order valence-corrected chi connectivity index (χ2v) is 2.56. The molecule has 0 saturated heterocycles. The van der Waals surface area contributed by atoms with Crippen LogP contribution in [0.15, 0.2) is 24.5 Å². The maximum absolute atomic E-state index is 10.9. The van der Waals surface area contributed by atoms with Gasteiger partial charge in [0.2, 0.25) is 5.76 Å². The number of aliphatic hydroxyl groups is 1. The second kappa shape index (κ2) is 7.61. The van der Waals surface area contributed by atoms with Crippen LogP contribution in [0.2, 0.25) is 0 Å². The SMILES string of the molecule is C=CC(=O)OCC=C(O)C(=O)OCCC. The Bertz CT molecular complexity index is 267. The topological polar surface area (TPSA) is 72.8 Å². The van der Waals surface area contributed by atoms with Crippen molar-refractivity contribution in [1.29, 1.82) is 0 Å². The fourth-order valence-electron chi connectivity index (χ4n) is 0.614. The zero-order chi connectivity index (χ0) is 11.7. The van der Waals surface area contributed by atoms with Gasteiger partial charge in [-0.15, -0.1) is 0 Å². The minimum atomic E-state index is -0.827. The Morgan fingerprint density at radius 3 is 2.60 bits per heavy atom. The van der Waals surface area contributed by atoms with Gasteiger partial charge >= 0.3 is 11.9 Å². The predicted octanol–water partition coefficient (Wildman–Crippen LogP) is 1.11. The van der Waals surface area contributed by atoms with E-state index in [0.29, 0.717) is 6.42 Å². The molecule has 0 atom stereocenters. The molecular weight excluding hydrogens is 200 g/mol. The van der Waals surface area contributed by atoms with Crippen molar-refractivity contribution in [1.82, 2.24) is 0 Å². The lowest BCUT2D eigenvalue weighted by Crippen LogP contribution is -2.09.